The lowest BCUT2D eigenvalue weighted by atomic mass is 10.2. The fourth-order valence-corrected chi connectivity index (χ4v) is 1.97. The zero-order valence-electron chi connectivity index (χ0n) is 10.9. The molecule has 0 aliphatic heterocycles. The number of nitrogens with zero attached hydrogens (tertiary/aromatic N) is 1. The third-order valence-electron chi connectivity index (χ3n) is 3.53. The molecular weight excluding hydrogens is 228 g/mol. The average Bonchev–Trinajstić information content (AvgIpc) is 3.18. The molecule has 1 fully saturated rings. The summed E-state index contributed by atoms with van der Waals surface area (Å²) in [6, 6.07) is 7.43. The highest BCUT2D eigenvalue weighted by atomic mass is 16.5. The van der Waals surface area contributed by atoms with Gasteiger partial charge in [0.15, 0.2) is 6.61 Å². The van der Waals surface area contributed by atoms with Gasteiger partial charge in [0.1, 0.15) is 5.75 Å². The van der Waals surface area contributed by atoms with Gasteiger partial charge in [0.25, 0.3) is 5.91 Å². The SMILES string of the molecule is CC(C1CC1)N(C)C(=O)COc1cccc(N)c1. The molecule has 1 saturated carbocycles. The average molecular weight is 248 g/mol. The number of hydrogen-bond donors (Lipinski definition) is 1. The molecule has 2 rings (SSSR count). The molecular formula is C14H20N2O2. The first-order valence-electron chi connectivity index (χ1n) is 6.32. The highest BCUT2D eigenvalue weighted by Crippen LogP contribution is 2.34. The third-order valence-corrected chi connectivity index (χ3v) is 3.53. The number of benzene rings is 1. The van der Waals surface area contributed by atoms with Gasteiger partial charge < -0.3 is 15.4 Å². The summed E-state index contributed by atoms with van der Waals surface area (Å²) in [4.78, 5) is 13.7. The number of rotatable bonds is 5. The standard InChI is InChI=1S/C14H20N2O2/c1-10(11-6-7-11)16(2)14(17)9-18-13-5-3-4-12(15)8-13/h3-5,8,10-11H,6-7,9,15H2,1-2H3. The second kappa shape index (κ2) is 5.29. The van der Waals surface area contributed by atoms with Crippen LogP contribution in [-0.4, -0.2) is 30.5 Å². The Hall–Kier alpha value is -1.71. The minimum absolute atomic E-state index is 0.0109. The smallest absolute Gasteiger partial charge is 0.260 e. The number of hydrogen-bond acceptors (Lipinski definition) is 3. The summed E-state index contributed by atoms with van der Waals surface area (Å²) in [6.07, 6.45) is 2.46. The van der Waals surface area contributed by atoms with Crippen molar-refractivity contribution in [3.63, 3.8) is 0 Å². The minimum atomic E-state index is 0.0109. The molecule has 0 aromatic heterocycles. The molecule has 1 aromatic carbocycles. The van der Waals surface area contributed by atoms with Crippen LogP contribution in [-0.2, 0) is 4.79 Å². The Balaban J connectivity index is 1.84. The van der Waals surface area contributed by atoms with Crippen molar-refractivity contribution in [3.8, 4) is 5.75 Å². The molecule has 98 valence electrons. The zero-order valence-corrected chi connectivity index (χ0v) is 10.9. The van der Waals surface area contributed by atoms with Gasteiger partial charge in [-0.05, 0) is 37.8 Å². The van der Waals surface area contributed by atoms with Gasteiger partial charge in [-0.3, -0.25) is 4.79 Å². The lowest BCUT2D eigenvalue weighted by Crippen LogP contribution is -2.39. The number of ether oxygens (including phenoxy) is 1. The summed E-state index contributed by atoms with van der Waals surface area (Å²) < 4.78 is 5.45. The lowest BCUT2D eigenvalue weighted by molar-refractivity contribution is -0.134. The highest BCUT2D eigenvalue weighted by Gasteiger charge is 2.32. The molecule has 2 N–H and O–H groups in total. The van der Waals surface area contributed by atoms with Crippen molar-refractivity contribution in [2.75, 3.05) is 19.4 Å². The normalized spacial score (nSPS) is 16.1. The molecule has 1 aliphatic rings. The predicted molar refractivity (Wildman–Crippen MR) is 71.3 cm³/mol. The number of likely N-dealkylation sites (N-methyl/N-ethyl adjacent to an activating group) is 1. The van der Waals surface area contributed by atoms with Gasteiger partial charge in [0.05, 0.1) is 0 Å². The van der Waals surface area contributed by atoms with Gasteiger partial charge >= 0.3 is 0 Å². The first kappa shape index (κ1) is 12.7. The van der Waals surface area contributed by atoms with E-state index in [9.17, 15) is 4.79 Å². The Morgan fingerprint density at radius 3 is 2.89 bits per heavy atom. The van der Waals surface area contributed by atoms with Crippen molar-refractivity contribution >= 4 is 11.6 Å². The van der Waals surface area contributed by atoms with Crippen molar-refractivity contribution < 1.29 is 9.53 Å². The molecule has 1 amide bonds. The quantitative estimate of drug-likeness (QED) is 0.810. The van der Waals surface area contributed by atoms with Gasteiger partial charge in [-0.1, -0.05) is 6.07 Å². The van der Waals surface area contributed by atoms with Crippen LogP contribution in [0.4, 0.5) is 5.69 Å². The summed E-state index contributed by atoms with van der Waals surface area (Å²) in [5, 5.41) is 0. The van der Waals surface area contributed by atoms with Gasteiger partial charge in [-0.25, -0.2) is 0 Å². The molecule has 1 atom stereocenters. The summed E-state index contributed by atoms with van der Waals surface area (Å²) in [5.74, 6) is 1.32. The van der Waals surface area contributed by atoms with E-state index in [1.165, 1.54) is 12.8 Å². The van der Waals surface area contributed by atoms with Crippen molar-refractivity contribution in [1.29, 1.82) is 0 Å². The number of nitrogens with two attached hydrogens (primary N) is 1. The summed E-state index contributed by atoms with van der Waals surface area (Å²) in [7, 11) is 1.84. The zero-order chi connectivity index (χ0) is 13.1. The van der Waals surface area contributed by atoms with Crippen molar-refractivity contribution in [3.05, 3.63) is 24.3 Å². The van der Waals surface area contributed by atoms with E-state index >= 15 is 0 Å². The molecule has 0 radical (unpaired) electrons. The number of carbonyl (C=O) groups excluding carboxylic acids is 1. The van der Waals surface area contributed by atoms with Gasteiger partial charge in [0, 0.05) is 24.8 Å². The summed E-state index contributed by atoms with van der Waals surface area (Å²) in [6.45, 7) is 2.16. The van der Waals surface area contributed by atoms with Crippen molar-refractivity contribution in [1.82, 2.24) is 4.90 Å². The van der Waals surface area contributed by atoms with Crippen LogP contribution >= 0.6 is 0 Å². The van der Waals surface area contributed by atoms with E-state index in [2.05, 4.69) is 6.92 Å². The first-order chi connectivity index (χ1) is 8.58. The fourth-order valence-electron chi connectivity index (χ4n) is 1.97. The summed E-state index contributed by atoms with van der Waals surface area (Å²) in [5.41, 5.74) is 6.28. The van der Waals surface area contributed by atoms with E-state index in [1.54, 1.807) is 23.1 Å². The topological polar surface area (TPSA) is 55.6 Å². The van der Waals surface area contributed by atoms with Gasteiger partial charge in [-0.2, -0.15) is 0 Å². The highest BCUT2D eigenvalue weighted by molar-refractivity contribution is 5.77. The van der Waals surface area contributed by atoms with Crippen LogP contribution in [0.1, 0.15) is 19.8 Å². The molecule has 1 unspecified atom stereocenters. The minimum Gasteiger partial charge on any atom is -0.484 e. The molecule has 18 heavy (non-hydrogen) atoms. The van der Waals surface area contributed by atoms with Gasteiger partial charge in [0.2, 0.25) is 0 Å². The molecule has 1 aromatic rings. The van der Waals surface area contributed by atoms with Crippen LogP contribution in [0.2, 0.25) is 0 Å². The largest absolute Gasteiger partial charge is 0.484 e. The van der Waals surface area contributed by atoms with E-state index in [0.717, 1.165) is 0 Å². The molecule has 0 bridgehead atoms. The molecule has 4 heteroatoms. The first-order valence-corrected chi connectivity index (χ1v) is 6.32. The third kappa shape index (κ3) is 3.15. The van der Waals surface area contributed by atoms with E-state index in [0.29, 0.717) is 23.4 Å². The number of carbonyl (C=O) groups is 1. The van der Waals surface area contributed by atoms with E-state index in [1.807, 2.05) is 13.1 Å². The molecule has 1 aliphatic carbocycles. The second-order valence-corrected chi connectivity index (χ2v) is 4.94. The van der Waals surface area contributed by atoms with Crippen LogP contribution in [0.3, 0.4) is 0 Å². The maximum absolute atomic E-state index is 11.9. The van der Waals surface area contributed by atoms with Crippen LogP contribution < -0.4 is 10.5 Å². The fraction of sp³-hybridized carbons (Fsp3) is 0.500. The van der Waals surface area contributed by atoms with E-state index in [-0.39, 0.29) is 12.5 Å². The monoisotopic (exact) mass is 248 g/mol. The van der Waals surface area contributed by atoms with E-state index in [4.69, 9.17) is 10.5 Å². The molecule has 0 saturated heterocycles. The number of amides is 1. The number of nitrogen functional groups attached to an aromatic ring is 1. The van der Waals surface area contributed by atoms with Crippen LogP contribution in [0.25, 0.3) is 0 Å². The van der Waals surface area contributed by atoms with Crippen molar-refractivity contribution in [2.24, 2.45) is 5.92 Å². The maximum atomic E-state index is 11.9. The Morgan fingerprint density at radius 2 is 2.28 bits per heavy atom. The molecule has 4 nitrogen and oxygen atoms in total. The second-order valence-electron chi connectivity index (χ2n) is 4.94. The van der Waals surface area contributed by atoms with Crippen LogP contribution in [0.5, 0.6) is 5.75 Å². The summed E-state index contributed by atoms with van der Waals surface area (Å²) >= 11 is 0. The van der Waals surface area contributed by atoms with Crippen LogP contribution in [0, 0.1) is 5.92 Å². The van der Waals surface area contributed by atoms with Crippen molar-refractivity contribution in [2.45, 2.75) is 25.8 Å². The Bertz CT molecular complexity index is 430. The lowest BCUT2D eigenvalue weighted by Gasteiger charge is -2.24. The number of anilines is 1. The predicted octanol–water partition coefficient (Wildman–Crippen LogP) is 1.90. The Morgan fingerprint density at radius 1 is 1.56 bits per heavy atom. The molecule has 0 spiro atoms. The Kier molecular flexibility index (Phi) is 3.75. The van der Waals surface area contributed by atoms with E-state index < -0.39 is 0 Å². The molecule has 0 heterocycles. The van der Waals surface area contributed by atoms with Gasteiger partial charge in [-0.15, -0.1) is 0 Å². The maximum Gasteiger partial charge on any atom is 0.260 e. The van der Waals surface area contributed by atoms with Crippen LogP contribution in [0.15, 0.2) is 24.3 Å². The Labute approximate surface area is 108 Å².